The molecule has 0 spiro atoms. The molecule has 0 fully saturated rings. The fraction of sp³-hybridized carbons (Fsp3) is 0.250. The van der Waals surface area contributed by atoms with Gasteiger partial charge in [0, 0.05) is 11.6 Å². The van der Waals surface area contributed by atoms with Crippen LogP contribution < -0.4 is 10.5 Å². The molecule has 2 N–H and O–H groups in total. The van der Waals surface area contributed by atoms with Crippen molar-refractivity contribution in [3.8, 4) is 11.9 Å². The molecule has 0 aromatic carbocycles. The van der Waals surface area contributed by atoms with E-state index in [1.165, 1.54) is 7.11 Å². The van der Waals surface area contributed by atoms with Gasteiger partial charge < -0.3 is 10.5 Å². The van der Waals surface area contributed by atoms with E-state index in [-0.39, 0.29) is 17.3 Å². The van der Waals surface area contributed by atoms with Crippen LogP contribution in [0.5, 0.6) is 5.88 Å². The second-order valence-corrected chi connectivity index (χ2v) is 2.43. The lowest BCUT2D eigenvalue weighted by Crippen LogP contribution is -2.02. The Morgan fingerprint density at radius 3 is 2.71 bits per heavy atom. The molecule has 0 atom stereocenters. The predicted molar refractivity (Wildman–Crippen MR) is 44.9 cm³/mol. The summed E-state index contributed by atoms with van der Waals surface area (Å²) < 4.78 is 29.5. The van der Waals surface area contributed by atoms with Gasteiger partial charge in [-0.1, -0.05) is 0 Å². The zero-order valence-electron chi connectivity index (χ0n) is 7.29. The Hall–Kier alpha value is -1.90. The van der Waals surface area contributed by atoms with Crippen LogP contribution in [0.15, 0.2) is 6.07 Å². The third-order valence-corrected chi connectivity index (χ3v) is 1.61. The first-order valence-electron chi connectivity index (χ1n) is 3.62. The molecule has 0 aliphatic rings. The van der Waals surface area contributed by atoms with Crippen LogP contribution in [0.1, 0.15) is 17.6 Å². The minimum Gasteiger partial charge on any atom is -0.481 e. The average molecular weight is 199 g/mol. The predicted octanol–water partition coefficient (Wildman–Crippen LogP) is 1.48. The summed E-state index contributed by atoms with van der Waals surface area (Å²) in [5.41, 5.74) is 4.53. The molecule has 14 heavy (non-hydrogen) atoms. The monoisotopic (exact) mass is 199 g/mol. The third-order valence-electron chi connectivity index (χ3n) is 1.61. The number of nitrogen functional groups attached to an aromatic ring is 1. The second-order valence-electron chi connectivity index (χ2n) is 2.43. The number of anilines is 1. The smallest absolute Gasteiger partial charge is 0.265 e. The van der Waals surface area contributed by atoms with Gasteiger partial charge in [0.05, 0.1) is 7.11 Å². The number of rotatable bonds is 2. The molecular weight excluding hydrogens is 192 g/mol. The number of hydrogen-bond acceptors (Lipinski definition) is 4. The zero-order chi connectivity index (χ0) is 10.7. The van der Waals surface area contributed by atoms with Crippen LogP contribution in [-0.4, -0.2) is 12.1 Å². The molecule has 0 aliphatic heterocycles. The van der Waals surface area contributed by atoms with E-state index in [1.807, 2.05) is 0 Å². The number of nitriles is 1. The number of methoxy groups -OCH3 is 1. The summed E-state index contributed by atoms with van der Waals surface area (Å²) in [5.74, 6) is -0.279. The molecule has 0 amide bonds. The van der Waals surface area contributed by atoms with Crippen molar-refractivity contribution in [3.63, 3.8) is 0 Å². The maximum Gasteiger partial charge on any atom is 0.265 e. The molecular formula is C8H7F2N3O. The molecule has 74 valence electrons. The number of nitrogens with zero attached hydrogens (tertiary/aromatic N) is 2. The molecule has 0 radical (unpaired) electrons. The van der Waals surface area contributed by atoms with Gasteiger partial charge in [0.1, 0.15) is 17.5 Å². The summed E-state index contributed by atoms with van der Waals surface area (Å²) in [6.45, 7) is 0. The third kappa shape index (κ3) is 1.71. The van der Waals surface area contributed by atoms with Crippen molar-refractivity contribution in [3.05, 3.63) is 17.2 Å². The van der Waals surface area contributed by atoms with Crippen molar-refractivity contribution in [1.82, 2.24) is 4.98 Å². The molecule has 1 rings (SSSR count). The molecule has 0 saturated heterocycles. The minimum atomic E-state index is -2.77. The van der Waals surface area contributed by atoms with Crippen LogP contribution in [0, 0.1) is 11.3 Å². The molecule has 0 bridgehead atoms. The van der Waals surface area contributed by atoms with Crippen LogP contribution in [0.3, 0.4) is 0 Å². The first-order valence-corrected chi connectivity index (χ1v) is 3.62. The maximum atomic E-state index is 12.4. The van der Waals surface area contributed by atoms with Crippen molar-refractivity contribution in [2.75, 3.05) is 12.8 Å². The van der Waals surface area contributed by atoms with E-state index in [2.05, 4.69) is 9.72 Å². The van der Waals surface area contributed by atoms with Crippen LogP contribution in [0.2, 0.25) is 0 Å². The number of ether oxygens (including phenoxy) is 1. The van der Waals surface area contributed by atoms with Gasteiger partial charge in [0.25, 0.3) is 6.43 Å². The summed E-state index contributed by atoms with van der Waals surface area (Å²) in [6.07, 6.45) is -2.77. The minimum absolute atomic E-state index is 0.0307. The highest BCUT2D eigenvalue weighted by Gasteiger charge is 2.18. The number of halogens is 2. The lowest BCUT2D eigenvalue weighted by molar-refractivity contribution is 0.150. The summed E-state index contributed by atoms with van der Waals surface area (Å²) in [4.78, 5) is 3.61. The fourth-order valence-corrected chi connectivity index (χ4v) is 0.958. The van der Waals surface area contributed by atoms with Crippen LogP contribution in [0.25, 0.3) is 0 Å². The Bertz CT molecular complexity index is 387. The summed E-state index contributed by atoms with van der Waals surface area (Å²) in [7, 11) is 1.28. The van der Waals surface area contributed by atoms with E-state index in [4.69, 9.17) is 11.0 Å². The molecule has 1 aromatic rings. The number of alkyl halides is 2. The SMILES string of the molecule is COc1cc(C(F)F)c(C#N)c(N)n1. The van der Waals surface area contributed by atoms with Gasteiger partial charge in [-0.2, -0.15) is 10.2 Å². The van der Waals surface area contributed by atoms with E-state index in [0.717, 1.165) is 6.07 Å². The molecule has 1 aromatic heterocycles. The Kier molecular flexibility index (Phi) is 2.82. The van der Waals surface area contributed by atoms with Gasteiger partial charge in [-0.15, -0.1) is 0 Å². The second kappa shape index (κ2) is 3.87. The Labute approximate surface area is 78.9 Å². The van der Waals surface area contributed by atoms with Gasteiger partial charge >= 0.3 is 0 Å². The fourth-order valence-electron chi connectivity index (χ4n) is 0.958. The number of nitrogens with two attached hydrogens (primary N) is 1. The summed E-state index contributed by atoms with van der Waals surface area (Å²) >= 11 is 0. The van der Waals surface area contributed by atoms with Gasteiger partial charge in [0.2, 0.25) is 5.88 Å². The molecule has 6 heteroatoms. The molecule has 1 heterocycles. The average Bonchev–Trinajstić information content (AvgIpc) is 2.16. The Morgan fingerprint density at radius 1 is 1.64 bits per heavy atom. The van der Waals surface area contributed by atoms with Gasteiger partial charge in [-0.25, -0.2) is 8.78 Å². The summed E-state index contributed by atoms with van der Waals surface area (Å²) in [5, 5.41) is 8.57. The highest BCUT2D eigenvalue weighted by molar-refractivity contribution is 5.55. The van der Waals surface area contributed by atoms with Gasteiger partial charge in [-0.3, -0.25) is 0 Å². The zero-order valence-corrected chi connectivity index (χ0v) is 7.29. The largest absolute Gasteiger partial charge is 0.481 e. The highest BCUT2D eigenvalue weighted by atomic mass is 19.3. The van der Waals surface area contributed by atoms with Crippen molar-refractivity contribution >= 4 is 5.82 Å². The normalized spacial score (nSPS) is 9.93. The van der Waals surface area contributed by atoms with Crippen molar-refractivity contribution in [1.29, 1.82) is 5.26 Å². The van der Waals surface area contributed by atoms with Crippen molar-refractivity contribution in [2.24, 2.45) is 0 Å². The van der Waals surface area contributed by atoms with Crippen LogP contribution >= 0.6 is 0 Å². The van der Waals surface area contributed by atoms with Crippen molar-refractivity contribution < 1.29 is 13.5 Å². The van der Waals surface area contributed by atoms with Gasteiger partial charge in [-0.05, 0) is 0 Å². The number of pyridine rings is 1. The molecule has 0 saturated carbocycles. The standard InChI is InChI=1S/C8H7F2N3O/c1-14-6-2-4(7(9)10)5(3-11)8(12)13-6/h2,7H,1H3,(H2,12,13). The van der Waals surface area contributed by atoms with Gasteiger partial charge in [0.15, 0.2) is 0 Å². The number of aromatic nitrogens is 1. The first-order chi connectivity index (χ1) is 6.60. The molecule has 0 aliphatic carbocycles. The van der Waals surface area contributed by atoms with E-state index in [0.29, 0.717) is 0 Å². The van der Waals surface area contributed by atoms with E-state index >= 15 is 0 Å². The number of hydrogen-bond donors (Lipinski definition) is 1. The first kappa shape index (κ1) is 10.2. The summed E-state index contributed by atoms with van der Waals surface area (Å²) in [6, 6.07) is 2.57. The van der Waals surface area contributed by atoms with E-state index in [9.17, 15) is 8.78 Å². The highest BCUT2D eigenvalue weighted by Crippen LogP contribution is 2.28. The topological polar surface area (TPSA) is 71.9 Å². The molecule has 0 unspecified atom stereocenters. The van der Waals surface area contributed by atoms with E-state index in [1.54, 1.807) is 6.07 Å². The lowest BCUT2D eigenvalue weighted by Gasteiger charge is -2.07. The molecule has 4 nitrogen and oxygen atoms in total. The quantitative estimate of drug-likeness (QED) is 0.782. The van der Waals surface area contributed by atoms with Crippen LogP contribution in [0.4, 0.5) is 14.6 Å². The van der Waals surface area contributed by atoms with E-state index < -0.39 is 12.0 Å². The Balaban J connectivity index is 3.37. The maximum absolute atomic E-state index is 12.4. The Morgan fingerprint density at radius 2 is 2.29 bits per heavy atom. The van der Waals surface area contributed by atoms with Crippen LogP contribution in [-0.2, 0) is 0 Å². The lowest BCUT2D eigenvalue weighted by atomic mass is 10.1. The van der Waals surface area contributed by atoms with Crippen molar-refractivity contribution in [2.45, 2.75) is 6.43 Å².